The van der Waals surface area contributed by atoms with E-state index in [1.807, 2.05) is 11.4 Å². The van der Waals surface area contributed by atoms with Gasteiger partial charge in [-0.15, -0.1) is 22.7 Å². The summed E-state index contributed by atoms with van der Waals surface area (Å²) < 4.78 is 0. The van der Waals surface area contributed by atoms with Gasteiger partial charge in [0.15, 0.2) is 0 Å². The fourth-order valence-corrected chi connectivity index (χ4v) is 2.56. The van der Waals surface area contributed by atoms with Crippen molar-refractivity contribution in [1.29, 1.82) is 0 Å². The lowest BCUT2D eigenvalue weighted by Gasteiger charge is -1.86. The van der Waals surface area contributed by atoms with Crippen LogP contribution in [0.2, 0.25) is 0 Å². The molecule has 0 aliphatic heterocycles. The second kappa shape index (κ2) is 3.35. The van der Waals surface area contributed by atoms with Gasteiger partial charge in [-0.05, 0) is 11.4 Å². The molecule has 2 nitrogen and oxygen atoms in total. The maximum atomic E-state index is 5.46. The number of nitrogens with two attached hydrogens (primary N) is 1. The van der Waals surface area contributed by atoms with Crippen molar-refractivity contribution >= 4 is 22.7 Å². The lowest BCUT2D eigenvalue weighted by atomic mass is 10.4. The highest BCUT2D eigenvalue weighted by Gasteiger charge is 2.03. The molecule has 0 spiro atoms. The second-order valence-electron chi connectivity index (χ2n) is 2.33. The Morgan fingerprint density at radius 2 is 2.33 bits per heavy atom. The molecule has 4 heteroatoms. The Morgan fingerprint density at radius 3 is 2.92 bits per heavy atom. The van der Waals surface area contributed by atoms with E-state index < -0.39 is 0 Å². The summed E-state index contributed by atoms with van der Waals surface area (Å²) in [6.45, 7) is 0.530. The average molecular weight is 196 g/mol. The van der Waals surface area contributed by atoms with Crippen LogP contribution in [-0.2, 0) is 6.54 Å². The van der Waals surface area contributed by atoms with Crippen LogP contribution in [0, 0.1) is 0 Å². The number of aromatic nitrogens is 1. The van der Waals surface area contributed by atoms with E-state index >= 15 is 0 Å². The fraction of sp³-hybridized carbons (Fsp3) is 0.125. The van der Waals surface area contributed by atoms with E-state index in [0.29, 0.717) is 6.54 Å². The number of nitrogens with zero attached hydrogens (tertiary/aromatic N) is 1. The van der Waals surface area contributed by atoms with Gasteiger partial charge in [0.2, 0.25) is 0 Å². The first kappa shape index (κ1) is 7.91. The summed E-state index contributed by atoms with van der Waals surface area (Å²) in [7, 11) is 0. The lowest BCUT2D eigenvalue weighted by Crippen LogP contribution is -1.95. The molecule has 0 fully saturated rings. The van der Waals surface area contributed by atoms with Crippen molar-refractivity contribution in [2.24, 2.45) is 5.73 Å². The van der Waals surface area contributed by atoms with E-state index in [-0.39, 0.29) is 0 Å². The molecule has 0 aliphatic rings. The van der Waals surface area contributed by atoms with Gasteiger partial charge in [0.25, 0.3) is 0 Å². The van der Waals surface area contributed by atoms with Crippen LogP contribution in [0.4, 0.5) is 0 Å². The molecular formula is C8H8N2S2. The highest BCUT2D eigenvalue weighted by Crippen LogP contribution is 2.27. The van der Waals surface area contributed by atoms with Gasteiger partial charge in [0.1, 0.15) is 5.01 Å². The zero-order valence-electron chi connectivity index (χ0n) is 6.36. The van der Waals surface area contributed by atoms with Crippen molar-refractivity contribution in [3.63, 3.8) is 0 Å². The Hall–Kier alpha value is -0.710. The molecule has 2 rings (SSSR count). The van der Waals surface area contributed by atoms with Gasteiger partial charge in [-0.3, -0.25) is 0 Å². The van der Waals surface area contributed by atoms with Crippen LogP contribution in [0.3, 0.4) is 0 Å². The maximum Gasteiger partial charge on any atom is 0.133 e. The van der Waals surface area contributed by atoms with Crippen molar-refractivity contribution < 1.29 is 0 Å². The summed E-state index contributed by atoms with van der Waals surface area (Å²) in [5.41, 5.74) is 6.44. The minimum Gasteiger partial charge on any atom is -0.325 e. The zero-order valence-corrected chi connectivity index (χ0v) is 7.99. The molecule has 0 saturated heterocycles. The Kier molecular flexibility index (Phi) is 2.21. The maximum absolute atomic E-state index is 5.46. The van der Waals surface area contributed by atoms with Crippen LogP contribution in [0.15, 0.2) is 22.9 Å². The minimum atomic E-state index is 0.530. The minimum absolute atomic E-state index is 0.530. The quantitative estimate of drug-likeness (QED) is 0.800. The number of thiophene rings is 1. The molecule has 0 unspecified atom stereocenters. The van der Waals surface area contributed by atoms with Crippen molar-refractivity contribution in [3.8, 4) is 9.88 Å². The fourth-order valence-electron chi connectivity index (χ4n) is 0.914. The molecule has 0 aromatic carbocycles. The Morgan fingerprint density at radius 1 is 1.42 bits per heavy atom. The first-order valence-electron chi connectivity index (χ1n) is 3.58. The number of rotatable bonds is 2. The van der Waals surface area contributed by atoms with E-state index in [1.54, 1.807) is 22.7 Å². The van der Waals surface area contributed by atoms with E-state index in [2.05, 4.69) is 16.4 Å². The summed E-state index contributed by atoms with van der Waals surface area (Å²) in [4.78, 5) is 5.60. The zero-order chi connectivity index (χ0) is 8.39. The van der Waals surface area contributed by atoms with Crippen LogP contribution in [0.25, 0.3) is 9.88 Å². The second-order valence-corrected chi connectivity index (χ2v) is 4.13. The third-order valence-electron chi connectivity index (χ3n) is 1.49. The Labute approximate surface area is 78.7 Å². The molecule has 62 valence electrons. The summed E-state index contributed by atoms with van der Waals surface area (Å²) in [6.07, 6.45) is 0. The first-order chi connectivity index (χ1) is 5.90. The average Bonchev–Trinajstić information content (AvgIpc) is 2.75. The van der Waals surface area contributed by atoms with Crippen LogP contribution in [-0.4, -0.2) is 4.98 Å². The number of hydrogen-bond donors (Lipinski definition) is 1. The first-order valence-corrected chi connectivity index (χ1v) is 5.34. The molecule has 0 amide bonds. The monoisotopic (exact) mass is 196 g/mol. The van der Waals surface area contributed by atoms with E-state index in [9.17, 15) is 0 Å². The SMILES string of the molecule is NCc1csc(-c2cccs2)n1. The Bertz CT molecular complexity index is 351. The summed E-state index contributed by atoms with van der Waals surface area (Å²) in [5, 5.41) is 5.14. The summed E-state index contributed by atoms with van der Waals surface area (Å²) in [5.74, 6) is 0. The third kappa shape index (κ3) is 1.41. The Balaban J connectivity index is 2.35. The molecule has 0 atom stereocenters. The van der Waals surface area contributed by atoms with Crippen molar-refractivity contribution in [1.82, 2.24) is 4.98 Å². The van der Waals surface area contributed by atoms with Gasteiger partial charge in [-0.25, -0.2) is 4.98 Å². The van der Waals surface area contributed by atoms with E-state index in [4.69, 9.17) is 5.73 Å². The van der Waals surface area contributed by atoms with Crippen molar-refractivity contribution in [3.05, 3.63) is 28.6 Å². The van der Waals surface area contributed by atoms with Gasteiger partial charge in [0, 0.05) is 11.9 Å². The highest BCUT2D eigenvalue weighted by molar-refractivity contribution is 7.20. The molecular weight excluding hydrogens is 188 g/mol. The molecule has 2 N–H and O–H groups in total. The van der Waals surface area contributed by atoms with Gasteiger partial charge < -0.3 is 5.73 Å². The highest BCUT2D eigenvalue weighted by atomic mass is 32.1. The molecule has 2 heterocycles. The smallest absolute Gasteiger partial charge is 0.133 e. The molecule has 2 aromatic heterocycles. The van der Waals surface area contributed by atoms with Crippen molar-refractivity contribution in [2.75, 3.05) is 0 Å². The topological polar surface area (TPSA) is 38.9 Å². The molecule has 0 bridgehead atoms. The standard InChI is InChI=1S/C8H8N2S2/c9-4-6-5-12-8(10-6)7-2-1-3-11-7/h1-3,5H,4,9H2. The predicted octanol–water partition coefficient (Wildman–Crippen LogP) is 2.33. The molecule has 12 heavy (non-hydrogen) atoms. The van der Waals surface area contributed by atoms with Crippen LogP contribution < -0.4 is 5.73 Å². The largest absolute Gasteiger partial charge is 0.325 e. The summed E-state index contributed by atoms with van der Waals surface area (Å²) in [6, 6.07) is 4.10. The third-order valence-corrected chi connectivity index (χ3v) is 3.42. The predicted molar refractivity (Wildman–Crippen MR) is 53.3 cm³/mol. The number of thiazole rings is 1. The van der Waals surface area contributed by atoms with Gasteiger partial charge >= 0.3 is 0 Å². The van der Waals surface area contributed by atoms with Crippen LogP contribution >= 0.6 is 22.7 Å². The molecule has 2 aromatic rings. The molecule has 0 aliphatic carbocycles. The van der Waals surface area contributed by atoms with Gasteiger partial charge in [-0.2, -0.15) is 0 Å². The number of hydrogen-bond acceptors (Lipinski definition) is 4. The molecule has 0 saturated carbocycles. The van der Waals surface area contributed by atoms with Crippen molar-refractivity contribution in [2.45, 2.75) is 6.54 Å². The van der Waals surface area contributed by atoms with Crippen LogP contribution in [0.1, 0.15) is 5.69 Å². The van der Waals surface area contributed by atoms with E-state index in [1.165, 1.54) is 4.88 Å². The normalized spacial score (nSPS) is 10.4. The van der Waals surface area contributed by atoms with E-state index in [0.717, 1.165) is 10.7 Å². The van der Waals surface area contributed by atoms with Crippen LogP contribution in [0.5, 0.6) is 0 Å². The van der Waals surface area contributed by atoms with Gasteiger partial charge in [0.05, 0.1) is 10.6 Å². The molecule has 0 radical (unpaired) electrons. The summed E-state index contributed by atoms with van der Waals surface area (Å²) >= 11 is 3.36. The lowest BCUT2D eigenvalue weighted by molar-refractivity contribution is 1.01. The van der Waals surface area contributed by atoms with Gasteiger partial charge in [-0.1, -0.05) is 6.07 Å².